The lowest BCUT2D eigenvalue weighted by Crippen LogP contribution is -2.25. The fraction of sp³-hybridized carbons (Fsp3) is 0.850. The molecule has 0 bridgehead atoms. The van der Waals surface area contributed by atoms with Crippen molar-refractivity contribution in [2.75, 3.05) is 13.7 Å². The summed E-state index contributed by atoms with van der Waals surface area (Å²) in [6.07, 6.45) is 20.9. The van der Waals surface area contributed by atoms with Crippen LogP contribution >= 0.6 is 0 Å². The second-order valence-electron chi connectivity index (χ2n) is 6.76. The van der Waals surface area contributed by atoms with Gasteiger partial charge in [0.2, 0.25) is 0 Å². The lowest BCUT2D eigenvalue weighted by atomic mass is 10.0. The van der Waals surface area contributed by atoms with E-state index in [1.807, 2.05) is 0 Å². The fourth-order valence-electron chi connectivity index (χ4n) is 2.94. The SMILES string of the molecule is CCCCC/C=C/CCCCCCCCCC1(C(=O)OC)CO1. The summed E-state index contributed by atoms with van der Waals surface area (Å²) >= 11 is 0. The van der Waals surface area contributed by atoms with Crippen molar-refractivity contribution in [1.29, 1.82) is 0 Å². The van der Waals surface area contributed by atoms with Gasteiger partial charge in [0.25, 0.3) is 0 Å². The molecule has 1 fully saturated rings. The van der Waals surface area contributed by atoms with Crippen LogP contribution in [0, 0.1) is 0 Å². The summed E-state index contributed by atoms with van der Waals surface area (Å²) < 4.78 is 10.1. The lowest BCUT2D eigenvalue weighted by molar-refractivity contribution is -0.147. The van der Waals surface area contributed by atoms with E-state index < -0.39 is 5.60 Å². The summed E-state index contributed by atoms with van der Waals surface area (Å²) in [4.78, 5) is 11.5. The Morgan fingerprint density at radius 3 is 2.00 bits per heavy atom. The molecule has 1 atom stereocenters. The smallest absolute Gasteiger partial charge is 0.340 e. The summed E-state index contributed by atoms with van der Waals surface area (Å²) in [7, 11) is 1.44. The third-order valence-electron chi connectivity index (χ3n) is 4.64. The Morgan fingerprint density at radius 2 is 1.48 bits per heavy atom. The van der Waals surface area contributed by atoms with E-state index in [9.17, 15) is 4.79 Å². The van der Waals surface area contributed by atoms with Gasteiger partial charge in [-0.3, -0.25) is 0 Å². The number of epoxide rings is 1. The third kappa shape index (κ3) is 9.14. The van der Waals surface area contributed by atoms with Crippen molar-refractivity contribution in [2.24, 2.45) is 0 Å². The van der Waals surface area contributed by atoms with Gasteiger partial charge in [-0.2, -0.15) is 0 Å². The maximum Gasteiger partial charge on any atom is 0.340 e. The highest BCUT2D eigenvalue weighted by Gasteiger charge is 2.52. The number of methoxy groups -OCH3 is 1. The molecule has 0 amide bonds. The van der Waals surface area contributed by atoms with Crippen molar-refractivity contribution < 1.29 is 14.3 Å². The maximum atomic E-state index is 11.5. The molecule has 1 aliphatic rings. The van der Waals surface area contributed by atoms with Crippen molar-refractivity contribution in [3.63, 3.8) is 0 Å². The molecule has 134 valence electrons. The Kier molecular flexibility index (Phi) is 11.1. The molecule has 1 aliphatic heterocycles. The minimum atomic E-state index is -0.571. The summed E-state index contributed by atoms with van der Waals surface area (Å²) in [5, 5.41) is 0. The van der Waals surface area contributed by atoms with Crippen molar-refractivity contribution >= 4 is 5.97 Å². The molecule has 1 heterocycles. The average molecular weight is 325 g/mol. The molecule has 0 N–H and O–H groups in total. The molecule has 3 nitrogen and oxygen atoms in total. The van der Waals surface area contributed by atoms with E-state index in [1.165, 1.54) is 77.7 Å². The van der Waals surface area contributed by atoms with Crippen LogP contribution in [0.1, 0.15) is 90.4 Å². The van der Waals surface area contributed by atoms with Gasteiger partial charge in [-0.05, 0) is 38.5 Å². The van der Waals surface area contributed by atoms with Crippen molar-refractivity contribution in [1.82, 2.24) is 0 Å². The Morgan fingerprint density at radius 1 is 0.957 bits per heavy atom. The first-order chi connectivity index (χ1) is 11.2. The number of hydrogen-bond donors (Lipinski definition) is 0. The van der Waals surface area contributed by atoms with E-state index >= 15 is 0 Å². The van der Waals surface area contributed by atoms with Crippen LogP contribution in [0.25, 0.3) is 0 Å². The molecular weight excluding hydrogens is 288 g/mol. The number of esters is 1. The van der Waals surface area contributed by atoms with Crippen LogP contribution in [0.4, 0.5) is 0 Å². The highest BCUT2D eigenvalue weighted by molar-refractivity contribution is 5.82. The predicted molar refractivity (Wildman–Crippen MR) is 95.5 cm³/mol. The molecule has 0 saturated carbocycles. The first-order valence-electron chi connectivity index (χ1n) is 9.62. The zero-order chi connectivity index (χ0) is 16.8. The summed E-state index contributed by atoms with van der Waals surface area (Å²) in [6.45, 7) is 2.80. The van der Waals surface area contributed by atoms with Gasteiger partial charge in [-0.1, -0.05) is 64.0 Å². The van der Waals surface area contributed by atoms with Gasteiger partial charge < -0.3 is 9.47 Å². The Bertz CT molecular complexity index is 332. The number of carbonyl (C=O) groups excluding carboxylic acids is 1. The number of unbranched alkanes of at least 4 members (excludes halogenated alkanes) is 10. The molecule has 1 rings (SSSR count). The summed E-state index contributed by atoms with van der Waals surface area (Å²) in [5.41, 5.74) is -0.571. The molecule has 3 heteroatoms. The van der Waals surface area contributed by atoms with Crippen molar-refractivity contribution in [3.8, 4) is 0 Å². The number of ether oxygens (including phenoxy) is 2. The number of allylic oxidation sites excluding steroid dienone is 2. The van der Waals surface area contributed by atoms with Crippen LogP contribution in [0.3, 0.4) is 0 Å². The number of rotatable bonds is 15. The largest absolute Gasteiger partial charge is 0.467 e. The summed E-state index contributed by atoms with van der Waals surface area (Å²) in [5.74, 6) is -0.194. The van der Waals surface area contributed by atoms with Gasteiger partial charge in [0.1, 0.15) is 0 Å². The number of carbonyl (C=O) groups is 1. The van der Waals surface area contributed by atoms with E-state index in [2.05, 4.69) is 19.1 Å². The molecule has 0 radical (unpaired) electrons. The van der Waals surface area contributed by atoms with Crippen molar-refractivity contribution in [2.45, 2.75) is 96.0 Å². The molecular formula is C20H36O3. The molecule has 1 saturated heterocycles. The normalized spacial score (nSPS) is 20.1. The molecule has 1 unspecified atom stereocenters. The van der Waals surface area contributed by atoms with Gasteiger partial charge in [-0.25, -0.2) is 4.79 Å². The standard InChI is InChI=1S/C20H36O3/c1-3-4-5-6-7-8-9-10-11-12-13-14-15-16-17-20(18-23-20)19(21)22-2/h7-8H,3-6,9-18H2,1-2H3/b8-7+. The van der Waals surface area contributed by atoms with Gasteiger partial charge in [0.05, 0.1) is 13.7 Å². The highest BCUT2D eigenvalue weighted by atomic mass is 16.6. The molecule has 0 aliphatic carbocycles. The van der Waals surface area contributed by atoms with E-state index in [0.717, 1.165) is 12.8 Å². The molecule has 0 spiro atoms. The first-order valence-corrected chi connectivity index (χ1v) is 9.62. The van der Waals surface area contributed by atoms with E-state index in [4.69, 9.17) is 9.47 Å². The lowest BCUT2D eigenvalue weighted by Gasteiger charge is -2.08. The van der Waals surface area contributed by atoms with Gasteiger partial charge in [0, 0.05) is 0 Å². The highest BCUT2D eigenvalue weighted by Crippen LogP contribution is 2.34. The van der Waals surface area contributed by atoms with Crippen LogP contribution in [0.5, 0.6) is 0 Å². The summed E-state index contributed by atoms with van der Waals surface area (Å²) in [6, 6.07) is 0. The van der Waals surface area contributed by atoms with Gasteiger partial charge in [-0.15, -0.1) is 0 Å². The second kappa shape index (κ2) is 12.6. The molecule has 0 aromatic carbocycles. The minimum absolute atomic E-state index is 0.194. The molecule has 0 aromatic heterocycles. The quantitative estimate of drug-likeness (QED) is 0.171. The molecule has 0 aromatic rings. The van der Waals surface area contributed by atoms with E-state index in [-0.39, 0.29) is 5.97 Å². The van der Waals surface area contributed by atoms with Crippen LogP contribution in [0.15, 0.2) is 12.2 Å². The third-order valence-corrected chi connectivity index (χ3v) is 4.64. The zero-order valence-corrected chi connectivity index (χ0v) is 15.3. The average Bonchev–Trinajstić information content (AvgIpc) is 3.35. The van der Waals surface area contributed by atoms with Gasteiger partial charge >= 0.3 is 5.97 Å². The Balaban J connectivity index is 1.81. The monoisotopic (exact) mass is 324 g/mol. The van der Waals surface area contributed by atoms with Crippen molar-refractivity contribution in [3.05, 3.63) is 12.2 Å². The van der Waals surface area contributed by atoms with E-state index in [0.29, 0.717) is 6.61 Å². The van der Waals surface area contributed by atoms with Crippen LogP contribution < -0.4 is 0 Å². The zero-order valence-electron chi connectivity index (χ0n) is 15.3. The van der Waals surface area contributed by atoms with Crippen LogP contribution in [-0.4, -0.2) is 25.3 Å². The fourth-order valence-corrected chi connectivity index (χ4v) is 2.94. The first kappa shape index (κ1) is 20.2. The van der Waals surface area contributed by atoms with E-state index in [1.54, 1.807) is 0 Å². The second-order valence-corrected chi connectivity index (χ2v) is 6.76. The maximum absolute atomic E-state index is 11.5. The molecule has 23 heavy (non-hydrogen) atoms. The van der Waals surface area contributed by atoms with Gasteiger partial charge in [0.15, 0.2) is 5.60 Å². The van der Waals surface area contributed by atoms with Crippen LogP contribution in [-0.2, 0) is 14.3 Å². The van der Waals surface area contributed by atoms with Crippen LogP contribution in [0.2, 0.25) is 0 Å². The topological polar surface area (TPSA) is 38.8 Å². The number of hydrogen-bond acceptors (Lipinski definition) is 3. The predicted octanol–water partition coefficient (Wildman–Crippen LogP) is 5.58. The Hall–Kier alpha value is -0.830. The Labute approximate surface area is 142 Å². The minimum Gasteiger partial charge on any atom is -0.467 e.